The van der Waals surface area contributed by atoms with Gasteiger partial charge in [0.05, 0.1) is 24.0 Å². The first-order chi connectivity index (χ1) is 13.5. The van der Waals surface area contributed by atoms with Gasteiger partial charge >= 0.3 is 0 Å². The van der Waals surface area contributed by atoms with Crippen molar-refractivity contribution in [2.24, 2.45) is 0 Å². The average molecular weight is 411 g/mol. The number of thiazole rings is 1. The number of benzene rings is 1. The Hall–Kier alpha value is -2.84. The van der Waals surface area contributed by atoms with Crippen molar-refractivity contribution in [3.05, 3.63) is 68.5 Å². The summed E-state index contributed by atoms with van der Waals surface area (Å²) in [6, 6.07) is 9.91. The van der Waals surface area contributed by atoms with E-state index in [1.165, 1.54) is 33.6 Å². The lowest BCUT2D eigenvalue weighted by molar-refractivity contribution is -0.121. The topological polar surface area (TPSA) is 76.9 Å². The third kappa shape index (κ3) is 3.61. The first kappa shape index (κ1) is 18.5. The summed E-state index contributed by atoms with van der Waals surface area (Å²) in [6.45, 7) is 4.14. The lowest BCUT2D eigenvalue weighted by Crippen LogP contribution is -2.32. The molecule has 4 aromatic rings. The predicted octanol–water partition coefficient (Wildman–Crippen LogP) is 3.51. The van der Waals surface area contributed by atoms with E-state index < -0.39 is 0 Å². The second kappa shape index (κ2) is 7.65. The number of hydrogen-bond donors (Lipinski definition) is 1. The van der Waals surface area contributed by atoms with Crippen molar-refractivity contribution in [2.45, 2.75) is 26.9 Å². The molecule has 6 nitrogen and oxygen atoms in total. The molecule has 0 unspecified atom stereocenters. The Morgan fingerprint density at radius 2 is 2.00 bits per heavy atom. The number of thiophene rings is 1. The highest BCUT2D eigenvalue weighted by Crippen LogP contribution is 2.25. The molecule has 0 saturated heterocycles. The zero-order valence-corrected chi connectivity index (χ0v) is 17.1. The van der Waals surface area contributed by atoms with E-state index in [1.807, 2.05) is 49.6 Å². The van der Waals surface area contributed by atoms with E-state index in [9.17, 15) is 9.59 Å². The number of nitrogens with one attached hydrogen (secondary N) is 1. The summed E-state index contributed by atoms with van der Waals surface area (Å²) in [5.41, 5.74) is 2.60. The van der Waals surface area contributed by atoms with Crippen LogP contribution in [0.2, 0.25) is 0 Å². The van der Waals surface area contributed by atoms with Crippen LogP contribution in [0.3, 0.4) is 0 Å². The molecule has 28 heavy (non-hydrogen) atoms. The van der Waals surface area contributed by atoms with E-state index in [-0.39, 0.29) is 18.0 Å². The molecular formula is C20H18N4O2S2. The van der Waals surface area contributed by atoms with Gasteiger partial charge in [0, 0.05) is 15.8 Å². The van der Waals surface area contributed by atoms with E-state index in [2.05, 4.69) is 15.3 Å². The molecular weight excluding hydrogens is 392 g/mol. The molecule has 0 radical (unpaired) electrons. The Kier molecular flexibility index (Phi) is 5.06. The number of rotatable bonds is 5. The smallest absolute Gasteiger partial charge is 0.262 e. The minimum absolute atomic E-state index is 0.0637. The lowest BCUT2D eigenvalue weighted by atomic mass is 10.2. The maximum absolute atomic E-state index is 12.7. The van der Waals surface area contributed by atoms with Gasteiger partial charge in [-0.2, -0.15) is 0 Å². The summed E-state index contributed by atoms with van der Waals surface area (Å²) in [6.07, 6.45) is 1.44. The number of nitrogens with zero attached hydrogens (tertiary/aromatic N) is 3. The van der Waals surface area contributed by atoms with Crippen LogP contribution in [0.15, 0.2) is 46.8 Å². The SMILES string of the molecule is Cc1sc2ncn(CC(=O)NCc3csc(-c4ccccc4)n3)c(=O)c2c1C. The van der Waals surface area contributed by atoms with Crippen LogP contribution in [0.25, 0.3) is 20.8 Å². The molecule has 0 atom stereocenters. The number of amides is 1. The van der Waals surface area contributed by atoms with E-state index >= 15 is 0 Å². The number of carbonyl (C=O) groups excluding carboxylic acids is 1. The van der Waals surface area contributed by atoms with Gasteiger partial charge in [0.15, 0.2) is 0 Å². The molecule has 0 spiro atoms. The number of aromatic nitrogens is 3. The molecule has 4 rings (SSSR count). The highest BCUT2D eigenvalue weighted by molar-refractivity contribution is 7.18. The van der Waals surface area contributed by atoms with E-state index in [4.69, 9.17) is 0 Å². The molecule has 142 valence electrons. The van der Waals surface area contributed by atoms with Crippen LogP contribution in [-0.4, -0.2) is 20.4 Å². The maximum Gasteiger partial charge on any atom is 0.262 e. The molecule has 3 heterocycles. The second-order valence-electron chi connectivity index (χ2n) is 6.43. The zero-order valence-electron chi connectivity index (χ0n) is 15.4. The Labute approximate surface area is 169 Å². The van der Waals surface area contributed by atoms with Gasteiger partial charge in [-0.1, -0.05) is 30.3 Å². The van der Waals surface area contributed by atoms with Gasteiger partial charge < -0.3 is 5.32 Å². The molecule has 1 aromatic carbocycles. The van der Waals surface area contributed by atoms with Gasteiger partial charge in [0.1, 0.15) is 16.4 Å². The summed E-state index contributed by atoms with van der Waals surface area (Å²) < 4.78 is 1.35. The Morgan fingerprint density at radius 3 is 2.79 bits per heavy atom. The van der Waals surface area contributed by atoms with Gasteiger partial charge in [-0.15, -0.1) is 22.7 Å². The summed E-state index contributed by atoms with van der Waals surface area (Å²) in [7, 11) is 0. The fourth-order valence-corrected chi connectivity index (χ4v) is 4.70. The molecule has 0 aliphatic rings. The van der Waals surface area contributed by atoms with Crippen LogP contribution in [0.5, 0.6) is 0 Å². The predicted molar refractivity (Wildman–Crippen MR) is 113 cm³/mol. The van der Waals surface area contributed by atoms with Crippen molar-refractivity contribution in [1.82, 2.24) is 19.9 Å². The first-order valence-corrected chi connectivity index (χ1v) is 10.4. The van der Waals surface area contributed by atoms with Crippen LogP contribution in [0.1, 0.15) is 16.1 Å². The van der Waals surface area contributed by atoms with Gasteiger partial charge in [-0.05, 0) is 19.4 Å². The summed E-state index contributed by atoms with van der Waals surface area (Å²) in [5.74, 6) is -0.248. The third-order valence-corrected chi connectivity index (χ3v) is 6.56. The van der Waals surface area contributed by atoms with E-state index in [0.717, 1.165) is 26.7 Å². The molecule has 0 saturated carbocycles. The average Bonchev–Trinajstić information content (AvgIpc) is 3.28. The summed E-state index contributed by atoms with van der Waals surface area (Å²) in [5, 5.41) is 6.28. The largest absolute Gasteiger partial charge is 0.349 e. The van der Waals surface area contributed by atoms with Crippen molar-refractivity contribution < 1.29 is 4.79 Å². The summed E-state index contributed by atoms with van der Waals surface area (Å²) in [4.78, 5) is 35.7. The van der Waals surface area contributed by atoms with Gasteiger partial charge in [0.25, 0.3) is 5.56 Å². The van der Waals surface area contributed by atoms with Crippen molar-refractivity contribution in [1.29, 1.82) is 0 Å². The molecule has 8 heteroatoms. The van der Waals surface area contributed by atoms with Crippen LogP contribution in [-0.2, 0) is 17.9 Å². The number of carbonyl (C=O) groups is 1. The molecule has 1 amide bonds. The lowest BCUT2D eigenvalue weighted by Gasteiger charge is -2.06. The Morgan fingerprint density at radius 1 is 1.21 bits per heavy atom. The van der Waals surface area contributed by atoms with Crippen LogP contribution in [0.4, 0.5) is 0 Å². The van der Waals surface area contributed by atoms with Crippen LogP contribution >= 0.6 is 22.7 Å². The number of aryl methyl sites for hydroxylation is 2. The highest BCUT2D eigenvalue weighted by Gasteiger charge is 2.14. The quantitative estimate of drug-likeness (QED) is 0.546. The Balaban J connectivity index is 1.43. The molecule has 0 bridgehead atoms. The minimum atomic E-state index is -0.248. The summed E-state index contributed by atoms with van der Waals surface area (Å²) >= 11 is 3.04. The molecule has 0 fully saturated rings. The molecule has 1 N–H and O–H groups in total. The van der Waals surface area contributed by atoms with Crippen molar-refractivity contribution in [3.8, 4) is 10.6 Å². The van der Waals surface area contributed by atoms with Crippen molar-refractivity contribution in [3.63, 3.8) is 0 Å². The normalized spacial score (nSPS) is 11.1. The molecule has 0 aliphatic carbocycles. The molecule has 0 aliphatic heterocycles. The van der Waals surface area contributed by atoms with Crippen LogP contribution in [0, 0.1) is 13.8 Å². The van der Waals surface area contributed by atoms with E-state index in [1.54, 1.807) is 0 Å². The fourth-order valence-electron chi connectivity index (χ4n) is 2.88. The fraction of sp³-hybridized carbons (Fsp3) is 0.200. The van der Waals surface area contributed by atoms with Crippen LogP contribution < -0.4 is 10.9 Å². The number of fused-ring (bicyclic) bond motifs is 1. The maximum atomic E-state index is 12.7. The monoisotopic (exact) mass is 410 g/mol. The highest BCUT2D eigenvalue weighted by atomic mass is 32.1. The third-order valence-electron chi connectivity index (χ3n) is 4.51. The first-order valence-electron chi connectivity index (χ1n) is 8.74. The van der Waals surface area contributed by atoms with Crippen molar-refractivity contribution >= 4 is 38.8 Å². The van der Waals surface area contributed by atoms with Gasteiger partial charge in [-0.25, -0.2) is 9.97 Å². The van der Waals surface area contributed by atoms with Crippen molar-refractivity contribution in [2.75, 3.05) is 0 Å². The van der Waals surface area contributed by atoms with E-state index in [0.29, 0.717) is 16.8 Å². The standard InChI is InChI=1S/C20H18N4O2S2/c1-12-13(2)28-19-17(12)20(26)24(11-22-19)9-16(25)21-8-15-10-27-18(23-15)14-6-4-3-5-7-14/h3-7,10-11H,8-9H2,1-2H3,(H,21,25). The minimum Gasteiger partial charge on any atom is -0.349 e. The van der Waals surface area contributed by atoms with Gasteiger partial charge in [-0.3, -0.25) is 14.2 Å². The van der Waals surface area contributed by atoms with Gasteiger partial charge in [0.2, 0.25) is 5.91 Å². The molecule has 3 aromatic heterocycles. The number of hydrogen-bond acceptors (Lipinski definition) is 6. The Bertz CT molecular complexity index is 1210. The zero-order chi connectivity index (χ0) is 19.7. The second-order valence-corrected chi connectivity index (χ2v) is 8.49.